The molecule has 0 bridgehead atoms. The van der Waals surface area contributed by atoms with Crippen LogP contribution < -0.4 is 5.11 Å². The topological polar surface area (TPSA) is 55.9 Å². The molecule has 0 spiro atoms. The summed E-state index contributed by atoms with van der Waals surface area (Å²) >= 11 is 0. The predicted molar refractivity (Wildman–Crippen MR) is 47.6 cm³/mol. The van der Waals surface area contributed by atoms with E-state index >= 15 is 0 Å². The van der Waals surface area contributed by atoms with E-state index in [2.05, 4.69) is 4.98 Å². The second kappa shape index (κ2) is 3.26. The number of rotatable bonds is 1. The van der Waals surface area contributed by atoms with Crippen molar-refractivity contribution in [1.82, 2.24) is 4.98 Å². The Bertz CT molecular complexity index is 557. The zero-order chi connectivity index (χ0) is 11.9. The third-order valence-electron chi connectivity index (χ3n) is 2.17. The first-order valence-electron chi connectivity index (χ1n) is 4.29. The second-order valence-corrected chi connectivity index (χ2v) is 3.27. The van der Waals surface area contributed by atoms with Crippen LogP contribution >= 0.6 is 0 Å². The normalized spacial score (nSPS) is 11.9. The minimum atomic E-state index is -4.44. The van der Waals surface area contributed by atoms with Crippen LogP contribution in [0.5, 0.6) is 0 Å². The highest BCUT2D eigenvalue weighted by atomic mass is 19.4. The molecule has 2 rings (SSSR count). The van der Waals surface area contributed by atoms with Gasteiger partial charge in [0.05, 0.1) is 17.2 Å². The number of halogens is 3. The first-order chi connectivity index (χ1) is 7.38. The number of carboxylic acid groups (broad SMARTS) is 1. The number of H-pyrrole nitrogens is 1. The number of aromatic amines is 1. The van der Waals surface area contributed by atoms with Crippen molar-refractivity contribution < 1.29 is 23.1 Å². The van der Waals surface area contributed by atoms with Gasteiger partial charge in [-0.2, -0.15) is 13.2 Å². The van der Waals surface area contributed by atoms with E-state index in [9.17, 15) is 23.1 Å². The highest BCUT2D eigenvalue weighted by molar-refractivity contribution is 5.92. The number of alkyl halides is 3. The molecule has 1 aromatic carbocycles. The van der Waals surface area contributed by atoms with Crippen LogP contribution in [0.4, 0.5) is 13.2 Å². The van der Waals surface area contributed by atoms with Crippen molar-refractivity contribution in [1.29, 1.82) is 0 Å². The number of carbonyl (C=O) groups excluding carboxylic acids is 1. The molecule has 0 aliphatic rings. The van der Waals surface area contributed by atoms with Crippen molar-refractivity contribution in [2.24, 2.45) is 0 Å². The van der Waals surface area contributed by atoms with E-state index in [0.29, 0.717) is 5.39 Å². The minimum absolute atomic E-state index is 0.119. The number of benzene rings is 1. The third-order valence-corrected chi connectivity index (χ3v) is 2.17. The van der Waals surface area contributed by atoms with Gasteiger partial charge >= 0.3 is 6.18 Å². The van der Waals surface area contributed by atoms with Crippen LogP contribution in [-0.4, -0.2) is 11.0 Å². The van der Waals surface area contributed by atoms with Crippen molar-refractivity contribution in [2.45, 2.75) is 6.18 Å². The van der Waals surface area contributed by atoms with Gasteiger partial charge in [-0.25, -0.2) is 0 Å². The second-order valence-electron chi connectivity index (χ2n) is 3.27. The number of hydrogen-bond donors (Lipinski definition) is 1. The fourth-order valence-corrected chi connectivity index (χ4v) is 1.41. The van der Waals surface area contributed by atoms with Crippen LogP contribution in [0.15, 0.2) is 24.3 Å². The van der Waals surface area contributed by atoms with Gasteiger partial charge < -0.3 is 14.9 Å². The molecular weight excluding hydrogens is 223 g/mol. The molecule has 0 aliphatic carbocycles. The molecule has 1 aromatic heterocycles. The molecule has 3 nitrogen and oxygen atoms in total. The van der Waals surface area contributed by atoms with E-state index in [1.165, 1.54) is 12.1 Å². The summed E-state index contributed by atoms with van der Waals surface area (Å²) in [7, 11) is 0. The van der Waals surface area contributed by atoms with Gasteiger partial charge in [-0.15, -0.1) is 0 Å². The molecule has 0 aliphatic heterocycles. The van der Waals surface area contributed by atoms with Crippen molar-refractivity contribution >= 4 is 16.9 Å². The maximum Gasteiger partial charge on any atom is 0.416 e. The predicted octanol–water partition coefficient (Wildman–Crippen LogP) is 1.55. The van der Waals surface area contributed by atoms with Crippen LogP contribution in [0, 0.1) is 0 Å². The molecule has 0 unspecified atom stereocenters. The third kappa shape index (κ3) is 1.73. The smallest absolute Gasteiger partial charge is 0.416 e. The molecule has 16 heavy (non-hydrogen) atoms. The average molecular weight is 228 g/mol. The zero-order valence-electron chi connectivity index (χ0n) is 7.76. The lowest BCUT2D eigenvalue weighted by molar-refractivity contribution is -0.255. The van der Waals surface area contributed by atoms with Gasteiger partial charge in [0.15, 0.2) is 0 Å². The van der Waals surface area contributed by atoms with E-state index in [-0.39, 0.29) is 11.2 Å². The van der Waals surface area contributed by atoms with Gasteiger partial charge in [-0.3, -0.25) is 0 Å². The molecule has 0 atom stereocenters. The Kier molecular flexibility index (Phi) is 2.15. The summed E-state index contributed by atoms with van der Waals surface area (Å²) in [6, 6.07) is 4.20. The van der Waals surface area contributed by atoms with Gasteiger partial charge in [0.2, 0.25) is 0 Å². The van der Waals surface area contributed by atoms with E-state index in [4.69, 9.17) is 0 Å². The van der Waals surface area contributed by atoms with E-state index in [1.807, 2.05) is 0 Å². The Morgan fingerprint density at radius 2 is 1.94 bits per heavy atom. The zero-order valence-corrected chi connectivity index (χ0v) is 7.76. The summed E-state index contributed by atoms with van der Waals surface area (Å²) in [4.78, 5) is 12.8. The number of aromatic nitrogens is 1. The quantitative estimate of drug-likeness (QED) is 0.805. The molecule has 6 heteroatoms. The number of hydrogen-bond acceptors (Lipinski definition) is 2. The van der Waals surface area contributed by atoms with Crippen molar-refractivity contribution in [3.63, 3.8) is 0 Å². The lowest BCUT2D eigenvalue weighted by atomic mass is 10.1. The van der Waals surface area contributed by atoms with Crippen LogP contribution in [0.3, 0.4) is 0 Å². The number of nitrogens with one attached hydrogen (secondary N) is 1. The van der Waals surface area contributed by atoms with Crippen molar-refractivity contribution in [2.75, 3.05) is 0 Å². The summed E-state index contributed by atoms with van der Waals surface area (Å²) in [6.07, 6.45) is -4.44. The molecule has 0 radical (unpaired) electrons. The van der Waals surface area contributed by atoms with Gasteiger partial charge in [0.25, 0.3) is 0 Å². The Morgan fingerprint density at radius 1 is 1.25 bits per heavy atom. The molecule has 1 heterocycles. The number of carbonyl (C=O) groups is 1. The number of carboxylic acids is 1. The molecule has 1 N–H and O–H groups in total. The molecule has 2 aromatic rings. The standard InChI is InChI=1S/C10H6F3NO2/c11-10(12,13)6-2-1-5-3-8(9(15)16)14-7(5)4-6/h1-4,14H,(H,15,16)/p-1. The fourth-order valence-electron chi connectivity index (χ4n) is 1.41. The van der Waals surface area contributed by atoms with Crippen LogP contribution in [0.25, 0.3) is 10.9 Å². The van der Waals surface area contributed by atoms with E-state index in [0.717, 1.165) is 12.1 Å². The van der Waals surface area contributed by atoms with Gasteiger partial charge in [-0.1, -0.05) is 6.07 Å². The van der Waals surface area contributed by atoms with Gasteiger partial charge in [-0.05, 0) is 18.2 Å². The average Bonchev–Trinajstić information content (AvgIpc) is 2.58. The highest BCUT2D eigenvalue weighted by Gasteiger charge is 2.30. The highest BCUT2D eigenvalue weighted by Crippen LogP contribution is 2.31. The van der Waals surface area contributed by atoms with Crippen LogP contribution in [0.2, 0.25) is 0 Å². The lowest BCUT2D eigenvalue weighted by Crippen LogP contribution is -2.22. The Morgan fingerprint density at radius 3 is 2.50 bits per heavy atom. The van der Waals surface area contributed by atoms with Crippen molar-refractivity contribution in [3.05, 3.63) is 35.5 Å². The van der Waals surface area contributed by atoms with Crippen LogP contribution in [-0.2, 0) is 6.18 Å². The SMILES string of the molecule is O=C([O-])c1cc2ccc(C(F)(F)F)cc2[nH]1. The molecule has 0 saturated heterocycles. The minimum Gasteiger partial charge on any atom is -0.543 e. The van der Waals surface area contributed by atoms with Gasteiger partial charge in [0.1, 0.15) is 0 Å². The number of fused-ring (bicyclic) bond motifs is 1. The summed E-state index contributed by atoms with van der Waals surface area (Å²) in [6.45, 7) is 0. The molecule has 84 valence electrons. The molecule has 0 saturated carbocycles. The summed E-state index contributed by atoms with van der Waals surface area (Å²) < 4.78 is 37.0. The fraction of sp³-hybridized carbons (Fsp3) is 0.100. The number of aromatic carboxylic acids is 1. The first-order valence-corrected chi connectivity index (χ1v) is 4.29. The van der Waals surface area contributed by atoms with E-state index < -0.39 is 17.7 Å². The summed E-state index contributed by atoms with van der Waals surface area (Å²) in [5.41, 5.74) is -0.949. The largest absolute Gasteiger partial charge is 0.543 e. The van der Waals surface area contributed by atoms with E-state index in [1.54, 1.807) is 0 Å². The lowest BCUT2D eigenvalue weighted by Gasteiger charge is -2.05. The van der Waals surface area contributed by atoms with Gasteiger partial charge in [0, 0.05) is 10.9 Å². The Balaban J connectivity index is 2.58. The molecular formula is C10H5F3NO2-. The monoisotopic (exact) mass is 228 g/mol. The summed E-state index contributed by atoms with van der Waals surface area (Å²) in [5, 5.41) is 10.9. The van der Waals surface area contributed by atoms with Crippen LogP contribution in [0.1, 0.15) is 16.1 Å². The molecule has 0 fully saturated rings. The molecule has 0 amide bonds. The Labute approximate surface area is 87.5 Å². The summed E-state index contributed by atoms with van der Waals surface area (Å²) in [5.74, 6) is -1.45. The maximum atomic E-state index is 12.3. The first kappa shape index (κ1) is 10.5. The maximum absolute atomic E-state index is 12.3. The Hall–Kier alpha value is -1.98. The van der Waals surface area contributed by atoms with Crippen molar-refractivity contribution in [3.8, 4) is 0 Å².